The summed E-state index contributed by atoms with van der Waals surface area (Å²) in [7, 11) is 1.79. The molecule has 2 aromatic rings. The Kier molecular flexibility index (Phi) is 3.45. The first-order chi connectivity index (χ1) is 9.66. The van der Waals surface area contributed by atoms with E-state index in [4.69, 9.17) is 0 Å². The van der Waals surface area contributed by atoms with Crippen molar-refractivity contribution in [3.05, 3.63) is 42.5 Å². The average molecular weight is 269 g/mol. The highest BCUT2D eigenvalue weighted by atomic mass is 16.3. The number of carbonyl (C=O) groups is 1. The number of nitrogens with zero attached hydrogens (tertiary/aromatic N) is 1. The van der Waals surface area contributed by atoms with Crippen LogP contribution >= 0.6 is 0 Å². The molecule has 2 aromatic carbocycles. The predicted octanol–water partition coefficient (Wildman–Crippen LogP) is 2.96. The van der Waals surface area contributed by atoms with Crippen molar-refractivity contribution in [1.82, 2.24) is 0 Å². The van der Waals surface area contributed by atoms with Gasteiger partial charge in [-0.2, -0.15) is 0 Å². The molecule has 1 aliphatic carbocycles. The third kappa shape index (κ3) is 2.29. The Morgan fingerprint density at radius 3 is 2.60 bits per heavy atom. The second kappa shape index (κ2) is 5.25. The van der Waals surface area contributed by atoms with E-state index in [2.05, 4.69) is 6.07 Å². The summed E-state index contributed by atoms with van der Waals surface area (Å²) >= 11 is 0. The molecular weight excluding hydrogens is 250 g/mol. The highest BCUT2D eigenvalue weighted by Crippen LogP contribution is 2.29. The number of amides is 1. The lowest BCUT2D eigenvalue weighted by atomic mass is 10.0. The molecule has 0 aliphatic heterocycles. The van der Waals surface area contributed by atoms with Gasteiger partial charge in [-0.05, 0) is 42.2 Å². The zero-order valence-corrected chi connectivity index (χ0v) is 11.6. The first-order valence-electron chi connectivity index (χ1n) is 7.11. The van der Waals surface area contributed by atoms with Gasteiger partial charge >= 0.3 is 0 Å². The minimum Gasteiger partial charge on any atom is -0.392 e. The fourth-order valence-corrected chi connectivity index (χ4v) is 2.99. The number of aliphatic hydroxyl groups excluding tert-OH is 1. The van der Waals surface area contributed by atoms with Crippen molar-refractivity contribution in [2.45, 2.75) is 25.4 Å². The average Bonchev–Trinajstić information content (AvgIpc) is 2.91. The van der Waals surface area contributed by atoms with E-state index in [0.717, 1.165) is 35.7 Å². The molecule has 1 N–H and O–H groups in total. The molecule has 0 aromatic heterocycles. The van der Waals surface area contributed by atoms with E-state index in [-0.39, 0.29) is 11.8 Å². The van der Waals surface area contributed by atoms with Crippen LogP contribution in [-0.4, -0.2) is 24.2 Å². The van der Waals surface area contributed by atoms with Crippen LogP contribution in [0.5, 0.6) is 0 Å². The van der Waals surface area contributed by atoms with Gasteiger partial charge in [-0.15, -0.1) is 0 Å². The Bertz CT molecular complexity index is 638. The molecule has 0 spiro atoms. The van der Waals surface area contributed by atoms with Gasteiger partial charge in [-0.25, -0.2) is 0 Å². The number of hydrogen-bond donors (Lipinski definition) is 1. The van der Waals surface area contributed by atoms with Crippen molar-refractivity contribution >= 4 is 22.4 Å². The Morgan fingerprint density at radius 2 is 1.90 bits per heavy atom. The lowest BCUT2D eigenvalue weighted by Crippen LogP contribution is -2.36. The van der Waals surface area contributed by atoms with Crippen LogP contribution < -0.4 is 4.90 Å². The fraction of sp³-hybridized carbons (Fsp3) is 0.353. The van der Waals surface area contributed by atoms with Crippen LogP contribution in [0.15, 0.2) is 42.5 Å². The second-order valence-electron chi connectivity index (χ2n) is 5.53. The van der Waals surface area contributed by atoms with E-state index >= 15 is 0 Å². The first kappa shape index (κ1) is 13.1. The highest BCUT2D eigenvalue weighted by molar-refractivity contribution is 5.97. The fourth-order valence-electron chi connectivity index (χ4n) is 2.99. The summed E-state index contributed by atoms with van der Waals surface area (Å²) in [6.07, 6.45) is 1.98. The number of fused-ring (bicyclic) bond motifs is 1. The standard InChI is InChI=1S/C17H19NO2/c1-18(17(20)15-7-4-8-16(15)19)14-10-9-12-5-2-3-6-13(12)11-14/h2-3,5-6,9-11,15-16,19H,4,7-8H2,1H3. The van der Waals surface area contributed by atoms with Gasteiger partial charge in [0.05, 0.1) is 12.0 Å². The molecule has 3 heteroatoms. The van der Waals surface area contributed by atoms with Crippen molar-refractivity contribution in [3.8, 4) is 0 Å². The van der Waals surface area contributed by atoms with Crippen molar-refractivity contribution in [2.75, 3.05) is 11.9 Å². The van der Waals surface area contributed by atoms with E-state index in [0.29, 0.717) is 0 Å². The van der Waals surface area contributed by atoms with Gasteiger partial charge < -0.3 is 10.0 Å². The molecule has 0 heterocycles. The van der Waals surface area contributed by atoms with Gasteiger partial charge in [0, 0.05) is 12.7 Å². The minimum atomic E-state index is -0.481. The quantitative estimate of drug-likeness (QED) is 0.910. The van der Waals surface area contributed by atoms with Crippen molar-refractivity contribution < 1.29 is 9.90 Å². The van der Waals surface area contributed by atoms with Crippen LogP contribution in [0.4, 0.5) is 5.69 Å². The molecule has 1 aliphatic rings. The van der Waals surface area contributed by atoms with Crippen molar-refractivity contribution in [2.24, 2.45) is 5.92 Å². The van der Waals surface area contributed by atoms with Crippen molar-refractivity contribution in [1.29, 1.82) is 0 Å². The SMILES string of the molecule is CN(C(=O)C1CCCC1O)c1ccc2ccccc2c1. The zero-order chi connectivity index (χ0) is 14.1. The molecule has 1 fully saturated rings. The van der Waals surface area contributed by atoms with Gasteiger partial charge in [-0.1, -0.05) is 30.3 Å². The number of aliphatic hydroxyl groups is 1. The van der Waals surface area contributed by atoms with Crippen LogP contribution in [0, 0.1) is 5.92 Å². The molecule has 3 nitrogen and oxygen atoms in total. The summed E-state index contributed by atoms with van der Waals surface area (Å²) in [6.45, 7) is 0. The van der Waals surface area contributed by atoms with E-state index in [9.17, 15) is 9.90 Å². The summed E-state index contributed by atoms with van der Waals surface area (Å²) in [4.78, 5) is 14.1. The Labute approximate surface area is 118 Å². The normalized spacial score (nSPS) is 22.1. The summed E-state index contributed by atoms with van der Waals surface area (Å²) in [5.41, 5.74) is 0.882. The number of carbonyl (C=O) groups excluding carboxylic acids is 1. The van der Waals surface area contributed by atoms with E-state index < -0.39 is 6.10 Å². The third-order valence-electron chi connectivity index (χ3n) is 4.25. The largest absolute Gasteiger partial charge is 0.392 e. The number of anilines is 1. The predicted molar refractivity (Wildman–Crippen MR) is 80.7 cm³/mol. The van der Waals surface area contributed by atoms with Crippen LogP contribution in [0.1, 0.15) is 19.3 Å². The molecule has 3 rings (SSSR count). The van der Waals surface area contributed by atoms with E-state index in [1.165, 1.54) is 0 Å². The number of benzene rings is 2. The molecule has 0 radical (unpaired) electrons. The lowest BCUT2D eigenvalue weighted by Gasteiger charge is -2.23. The van der Waals surface area contributed by atoms with Gasteiger partial charge in [0.25, 0.3) is 0 Å². The molecule has 1 amide bonds. The lowest BCUT2D eigenvalue weighted by molar-refractivity contribution is -0.124. The molecule has 0 saturated heterocycles. The summed E-state index contributed by atoms with van der Waals surface area (Å²) in [5.74, 6) is -0.225. The number of hydrogen-bond acceptors (Lipinski definition) is 2. The van der Waals surface area contributed by atoms with Crippen LogP contribution in [0.25, 0.3) is 10.8 Å². The van der Waals surface area contributed by atoms with Gasteiger partial charge in [0.2, 0.25) is 5.91 Å². The maximum absolute atomic E-state index is 12.5. The Balaban J connectivity index is 1.88. The topological polar surface area (TPSA) is 40.5 Å². The molecule has 2 atom stereocenters. The molecule has 2 unspecified atom stereocenters. The van der Waals surface area contributed by atoms with Crippen LogP contribution in [0.3, 0.4) is 0 Å². The van der Waals surface area contributed by atoms with Gasteiger partial charge in [0.1, 0.15) is 0 Å². The summed E-state index contributed by atoms with van der Waals surface area (Å²) in [6, 6.07) is 14.1. The van der Waals surface area contributed by atoms with Gasteiger partial charge in [-0.3, -0.25) is 4.79 Å². The molecule has 0 bridgehead atoms. The van der Waals surface area contributed by atoms with E-state index in [1.54, 1.807) is 11.9 Å². The maximum atomic E-state index is 12.5. The smallest absolute Gasteiger partial charge is 0.232 e. The first-order valence-corrected chi connectivity index (χ1v) is 7.11. The summed E-state index contributed by atoms with van der Waals surface area (Å²) in [5, 5.41) is 12.2. The monoisotopic (exact) mass is 269 g/mol. The third-order valence-corrected chi connectivity index (χ3v) is 4.25. The number of rotatable bonds is 2. The van der Waals surface area contributed by atoms with Crippen LogP contribution in [-0.2, 0) is 4.79 Å². The van der Waals surface area contributed by atoms with Crippen molar-refractivity contribution in [3.63, 3.8) is 0 Å². The second-order valence-corrected chi connectivity index (χ2v) is 5.53. The molecule has 20 heavy (non-hydrogen) atoms. The van der Waals surface area contributed by atoms with E-state index in [1.807, 2.05) is 36.4 Å². The van der Waals surface area contributed by atoms with Gasteiger partial charge in [0.15, 0.2) is 0 Å². The highest BCUT2D eigenvalue weighted by Gasteiger charge is 2.33. The zero-order valence-electron chi connectivity index (χ0n) is 11.6. The Morgan fingerprint density at radius 1 is 1.15 bits per heavy atom. The minimum absolute atomic E-state index is 0.0188. The Hall–Kier alpha value is -1.87. The molecular formula is C17H19NO2. The molecule has 1 saturated carbocycles. The van der Waals surface area contributed by atoms with Crippen LogP contribution in [0.2, 0.25) is 0 Å². The maximum Gasteiger partial charge on any atom is 0.232 e. The summed E-state index contributed by atoms with van der Waals surface area (Å²) < 4.78 is 0. The molecule has 104 valence electrons.